The highest BCUT2D eigenvalue weighted by Gasteiger charge is 2.23. The zero-order valence-corrected chi connectivity index (χ0v) is 17.2. The highest BCUT2D eigenvalue weighted by atomic mass is 19.3. The number of anilines is 1. The number of fused-ring (bicyclic) bond motifs is 1. The number of rotatable bonds is 4. The normalized spacial score (nSPS) is 16.8. The molecule has 0 aromatic carbocycles. The number of hydrogen-bond acceptors (Lipinski definition) is 6. The third-order valence-corrected chi connectivity index (χ3v) is 5.49. The molecule has 1 saturated heterocycles. The molecule has 164 valence electrons. The molecule has 1 fully saturated rings. The van der Waals surface area contributed by atoms with E-state index in [1.165, 1.54) is 24.4 Å². The van der Waals surface area contributed by atoms with Crippen molar-refractivity contribution < 1.29 is 13.2 Å². The first kappa shape index (κ1) is 20.4. The first-order chi connectivity index (χ1) is 15.5. The van der Waals surface area contributed by atoms with Crippen molar-refractivity contribution in [2.45, 2.75) is 19.4 Å². The Morgan fingerprint density at radius 2 is 1.97 bits per heavy atom. The fourth-order valence-corrected chi connectivity index (χ4v) is 3.91. The van der Waals surface area contributed by atoms with Crippen molar-refractivity contribution in [3.63, 3.8) is 0 Å². The van der Waals surface area contributed by atoms with Gasteiger partial charge in [-0.2, -0.15) is 0 Å². The number of piperazine rings is 1. The maximum absolute atomic E-state index is 13.5. The minimum Gasteiger partial charge on any atom is -0.351 e. The zero-order chi connectivity index (χ0) is 22.2. The van der Waals surface area contributed by atoms with Gasteiger partial charge in [0.05, 0.1) is 11.9 Å². The van der Waals surface area contributed by atoms with E-state index >= 15 is 0 Å². The topological polar surface area (TPSA) is 71.8 Å². The number of nitrogens with one attached hydrogen (secondary N) is 1. The molecule has 0 aliphatic carbocycles. The molecule has 0 bridgehead atoms. The van der Waals surface area contributed by atoms with Crippen LogP contribution in [-0.2, 0) is 0 Å². The van der Waals surface area contributed by atoms with Crippen LogP contribution in [-0.4, -0.2) is 50.2 Å². The second-order valence-corrected chi connectivity index (χ2v) is 7.63. The molecule has 1 unspecified atom stereocenters. The van der Waals surface area contributed by atoms with Crippen molar-refractivity contribution in [2.24, 2.45) is 0 Å². The van der Waals surface area contributed by atoms with Crippen LogP contribution in [0.5, 0.6) is 0 Å². The fourth-order valence-electron chi connectivity index (χ4n) is 3.91. The van der Waals surface area contributed by atoms with E-state index in [-0.39, 0.29) is 11.7 Å². The molecule has 10 heteroatoms. The van der Waals surface area contributed by atoms with Crippen LogP contribution in [0.25, 0.3) is 28.4 Å². The van der Waals surface area contributed by atoms with Crippen molar-refractivity contribution in [1.29, 1.82) is 0 Å². The summed E-state index contributed by atoms with van der Waals surface area (Å²) < 4.78 is 41.8. The molecule has 5 rings (SSSR count). The molecule has 1 aliphatic heterocycles. The first-order valence-electron chi connectivity index (χ1n) is 10.2. The van der Waals surface area contributed by atoms with E-state index < -0.39 is 12.2 Å². The SMILES string of the molecule is CC1CNCCN1c1ccc2nc(-c3ccc(F)cn3)n(-c3ccnc(C(F)F)c3)c2n1. The van der Waals surface area contributed by atoms with Gasteiger partial charge in [0.1, 0.15) is 28.5 Å². The Labute approximate surface area is 182 Å². The van der Waals surface area contributed by atoms with E-state index in [9.17, 15) is 13.2 Å². The minimum atomic E-state index is -2.72. The predicted molar refractivity (Wildman–Crippen MR) is 114 cm³/mol. The monoisotopic (exact) mass is 439 g/mol. The molecule has 0 radical (unpaired) electrons. The molecular weight excluding hydrogens is 419 g/mol. The van der Waals surface area contributed by atoms with Gasteiger partial charge in [-0.05, 0) is 43.3 Å². The van der Waals surface area contributed by atoms with E-state index in [1.807, 2.05) is 12.1 Å². The van der Waals surface area contributed by atoms with E-state index in [0.29, 0.717) is 28.4 Å². The Hall–Kier alpha value is -3.53. The van der Waals surface area contributed by atoms with Gasteiger partial charge in [-0.1, -0.05) is 0 Å². The number of nitrogens with zero attached hydrogens (tertiary/aromatic N) is 6. The summed E-state index contributed by atoms with van der Waals surface area (Å²) in [6, 6.07) is 9.70. The number of halogens is 3. The average molecular weight is 439 g/mol. The Bertz CT molecular complexity index is 1260. The van der Waals surface area contributed by atoms with Gasteiger partial charge in [-0.3, -0.25) is 9.55 Å². The Kier molecular flexibility index (Phi) is 5.22. The van der Waals surface area contributed by atoms with Crippen molar-refractivity contribution >= 4 is 17.0 Å². The van der Waals surface area contributed by atoms with Crippen LogP contribution in [0.15, 0.2) is 48.8 Å². The van der Waals surface area contributed by atoms with Gasteiger partial charge in [0.2, 0.25) is 0 Å². The van der Waals surface area contributed by atoms with Crippen molar-refractivity contribution in [3.05, 3.63) is 60.3 Å². The van der Waals surface area contributed by atoms with Gasteiger partial charge in [-0.25, -0.2) is 28.1 Å². The standard InChI is InChI=1S/C22H20F3N7/c1-13-11-26-8-9-31(13)19-5-4-17-22(30-19)32(15-6-7-27-18(10-15)20(24)25)21(29-17)16-3-2-14(23)12-28-16/h2-7,10,12-13,20,26H,8-9,11H2,1H3. The molecule has 4 aromatic heterocycles. The molecule has 4 aromatic rings. The number of pyridine rings is 3. The van der Waals surface area contributed by atoms with E-state index in [2.05, 4.69) is 32.1 Å². The molecule has 32 heavy (non-hydrogen) atoms. The number of hydrogen-bond donors (Lipinski definition) is 1. The lowest BCUT2D eigenvalue weighted by Gasteiger charge is -2.34. The maximum Gasteiger partial charge on any atom is 0.280 e. The summed E-state index contributed by atoms with van der Waals surface area (Å²) in [5.41, 5.74) is 1.55. The Morgan fingerprint density at radius 1 is 1.09 bits per heavy atom. The molecule has 0 spiro atoms. The summed E-state index contributed by atoms with van der Waals surface area (Å²) in [4.78, 5) is 19.6. The van der Waals surface area contributed by atoms with E-state index in [1.54, 1.807) is 10.6 Å². The van der Waals surface area contributed by atoms with Crippen molar-refractivity contribution in [2.75, 3.05) is 24.5 Å². The highest BCUT2D eigenvalue weighted by molar-refractivity contribution is 5.81. The quantitative estimate of drug-likeness (QED) is 0.522. The number of imidazole rings is 1. The van der Waals surface area contributed by atoms with Crippen LogP contribution in [0, 0.1) is 5.82 Å². The largest absolute Gasteiger partial charge is 0.351 e. The summed E-state index contributed by atoms with van der Waals surface area (Å²) in [5, 5.41) is 3.35. The maximum atomic E-state index is 13.5. The minimum absolute atomic E-state index is 0.245. The summed E-state index contributed by atoms with van der Waals surface area (Å²) in [5.74, 6) is 0.673. The van der Waals surface area contributed by atoms with Gasteiger partial charge in [0.25, 0.3) is 6.43 Å². The van der Waals surface area contributed by atoms with Gasteiger partial charge in [-0.15, -0.1) is 0 Å². The summed E-state index contributed by atoms with van der Waals surface area (Å²) in [6.45, 7) is 4.59. The second-order valence-electron chi connectivity index (χ2n) is 7.63. The van der Waals surface area contributed by atoms with Gasteiger partial charge < -0.3 is 10.2 Å². The summed E-state index contributed by atoms with van der Waals surface area (Å²) >= 11 is 0. The highest BCUT2D eigenvalue weighted by Crippen LogP contribution is 2.30. The molecular formula is C22H20F3N7. The molecule has 1 aliphatic rings. The molecule has 5 heterocycles. The first-order valence-corrected chi connectivity index (χ1v) is 10.2. The second kappa shape index (κ2) is 8.19. The third-order valence-electron chi connectivity index (χ3n) is 5.49. The number of alkyl halides is 2. The van der Waals surface area contributed by atoms with Crippen LogP contribution in [0.1, 0.15) is 19.0 Å². The van der Waals surface area contributed by atoms with Gasteiger partial charge in [0.15, 0.2) is 11.5 Å². The summed E-state index contributed by atoms with van der Waals surface area (Å²) in [6.07, 6.45) is -0.299. The number of aromatic nitrogens is 5. The zero-order valence-electron chi connectivity index (χ0n) is 17.2. The van der Waals surface area contributed by atoms with Crippen LogP contribution in [0.4, 0.5) is 19.0 Å². The predicted octanol–water partition coefficient (Wildman–Crippen LogP) is 3.75. The van der Waals surface area contributed by atoms with Gasteiger partial charge in [0, 0.05) is 31.9 Å². The lowest BCUT2D eigenvalue weighted by atomic mass is 10.2. The smallest absolute Gasteiger partial charge is 0.280 e. The van der Waals surface area contributed by atoms with Gasteiger partial charge >= 0.3 is 0 Å². The average Bonchev–Trinajstić information content (AvgIpc) is 3.18. The molecule has 7 nitrogen and oxygen atoms in total. The lowest BCUT2D eigenvalue weighted by Crippen LogP contribution is -2.50. The van der Waals surface area contributed by atoms with Crippen molar-refractivity contribution in [1.82, 2.24) is 29.8 Å². The van der Waals surface area contributed by atoms with Crippen molar-refractivity contribution in [3.8, 4) is 17.2 Å². The molecule has 0 saturated carbocycles. The van der Waals surface area contributed by atoms with Crippen LogP contribution < -0.4 is 10.2 Å². The lowest BCUT2D eigenvalue weighted by molar-refractivity contribution is 0.146. The molecule has 1 atom stereocenters. The van der Waals surface area contributed by atoms with Crippen LogP contribution >= 0.6 is 0 Å². The van der Waals surface area contributed by atoms with E-state index in [4.69, 9.17) is 4.98 Å². The summed E-state index contributed by atoms with van der Waals surface area (Å²) in [7, 11) is 0. The van der Waals surface area contributed by atoms with E-state index in [0.717, 1.165) is 31.6 Å². The Morgan fingerprint density at radius 3 is 2.72 bits per heavy atom. The molecule has 1 N–H and O–H groups in total. The third kappa shape index (κ3) is 3.66. The molecule has 0 amide bonds. The Balaban J connectivity index is 1.73. The fraction of sp³-hybridized carbons (Fsp3) is 0.273. The van der Waals surface area contributed by atoms with Crippen LogP contribution in [0.2, 0.25) is 0 Å². The van der Waals surface area contributed by atoms with Crippen LogP contribution in [0.3, 0.4) is 0 Å².